The van der Waals surface area contributed by atoms with Crippen LogP contribution < -0.4 is 0 Å². The van der Waals surface area contributed by atoms with E-state index in [1.807, 2.05) is 0 Å². The number of esters is 2. The molecule has 1 aromatic rings. The fraction of sp³-hybridized carbons (Fsp3) is 0.500. The number of carbonyl (C=O) groups is 2. The Hall–Kier alpha value is -2.20. The maximum absolute atomic E-state index is 12.3. The van der Waals surface area contributed by atoms with E-state index in [4.69, 9.17) is 9.84 Å². The van der Waals surface area contributed by atoms with Crippen LogP contribution in [-0.4, -0.2) is 75.1 Å². The third-order valence-electron chi connectivity index (χ3n) is 4.32. The predicted octanol–water partition coefficient (Wildman–Crippen LogP) is -1.59. The van der Waals surface area contributed by atoms with Crippen LogP contribution in [-0.2, 0) is 19.1 Å². The van der Waals surface area contributed by atoms with Gasteiger partial charge in [0.05, 0.1) is 20.1 Å². The molecule has 1 saturated heterocycles. The minimum Gasteiger partial charge on any atom is -0.508 e. The molecule has 1 aromatic carbocycles. The van der Waals surface area contributed by atoms with Crippen LogP contribution in [0.15, 0.2) is 24.3 Å². The first kappa shape index (κ1) is 19.1. The van der Waals surface area contributed by atoms with Crippen molar-refractivity contribution in [2.24, 2.45) is 0 Å². The monoisotopic (exact) mass is 356 g/mol. The molecule has 0 saturated carbocycles. The largest absolute Gasteiger partial charge is 0.508 e. The highest BCUT2D eigenvalue weighted by Crippen LogP contribution is 2.42. The molecule has 2 rings (SSSR count). The molecule has 25 heavy (non-hydrogen) atoms. The molecule has 0 bridgehead atoms. The van der Waals surface area contributed by atoms with E-state index in [0.29, 0.717) is 0 Å². The molecular weight excluding hydrogens is 336 g/mol. The number of hydrogen-bond donors (Lipinski definition) is 5. The lowest BCUT2D eigenvalue weighted by molar-refractivity contribution is -0.162. The maximum Gasteiger partial charge on any atom is 0.342 e. The summed E-state index contributed by atoms with van der Waals surface area (Å²) in [7, 11) is 1.13. The van der Waals surface area contributed by atoms with E-state index in [-0.39, 0.29) is 11.3 Å². The Labute approximate surface area is 143 Å². The van der Waals surface area contributed by atoms with E-state index in [9.17, 15) is 30.0 Å². The SMILES string of the molecule is COC(=O)C[C@H](c1ccc(O)cc1)[C@]1(O)C(=O)O[C@H]([C@H](O)CO)[C@H]1O. The Morgan fingerprint density at radius 2 is 1.96 bits per heavy atom. The lowest BCUT2D eigenvalue weighted by Gasteiger charge is -2.32. The molecule has 1 fully saturated rings. The molecule has 0 aromatic heterocycles. The summed E-state index contributed by atoms with van der Waals surface area (Å²) in [5.74, 6) is -3.33. The Kier molecular flexibility index (Phi) is 5.63. The fourth-order valence-corrected chi connectivity index (χ4v) is 2.88. The highest BCUT2D eigenvalue weighted by atomic mass is 16.6. The molecule has 9 nitrogen and oxygen atoms in total. The number of aromatic hydroxyl groups is 1. The van der Waals surface area contributed by atoms with Crippen molar-refractivity contribution in [3.8, 4) is 5.75 Å². The summed E-state index contributed by atoms with van der Waals surface area (Å²) in [4.78, 5) is 24.0. The summed E-state index contributed by atoms with van der Waals surface area (Å²) >= 11 is 0. The minimum absolute atomic E-state index is 0.0734. The second kappa shape index (κ2) is 7.36. The highest BCUT2D eigenvalue weighted by molar-refractivity contribution is 5.86. The Bertz CT molecular complexity index is 629. The number of benzene rings is 1. The quantitative estimate of drug-likeness (QED) is 0.379. The first-order chi connectivity index (χ1) is 11.7. The van der Waals surface area contributed by atoms with Gasteiger partial charge in [-0.2, -0.15) is 0 Å². The molecule has 0 amide bonds. The molecule has 5 atom stereocenters. The molecule has 0 unspecified atom stereocenters. The van der Waals surface area contributed by atoms with Crippen molar-refractivity contribution in [3.63, 3.8) is 0 Å². The van der Waals surface area contributed by atoms with Crippen LogP contribution in [0.25, 0.3) is 0 Å². The molecule has 9 heteroatoms. The number of methoxy groups -OCH3 is 1. The van der Waals surface area contributed by atoms with Gasteiger partial charge in [0.15, 0.2) is 11.7 Å². The predicted molar refractivity (Wildman–Crippen MR) is 81.4 cm³/mol. The van der Waals surface area contributed by atoms with Crippen molar-refractivity contribution in [3.05, 3.63) is 29.8 Å². The average Bonchev–Trinajstić information content (AvgIpc) is 2.84. The van der Waals surface area contributed by atoms with Gasteiger partial charge in [-0.3, -0.25) is 4.79 Å². The molecule has 1 aliphatic rings. The fourth-order valence-electron chi connectivity index (χ4n) is 2.88. The number of hydrogen-bond acceptors (Lipinski definition) is 9. The van der Waals surface area contributed by atoms with Crippen molar-refractivity contribution >= 4 is 11.9 Å². The summed E-state index contributed by atoms with van der Waals surface area (Å²) in [6.45, 7) is -0.800. The van der Waals surface area contributed by atoms with Crippen LogP contribution in [0.5, 0.6) is 5.75 Å². The van der Waals surface area contributed by atoms with Crippen molar-refractivity contribution in [1.29, 1.82) is 0 Å². The second-order valence-corrected chi connectivity index (χ2v) is 5.81. The van der Waals surface area contributed by atoms with Crippen LogP contribution in [0.2, 0.25) is 0 Å². The zero-order valence-electron chi connectivity index (χ0n) is 13.4. The minimum atomic E-state index is -2.55. The smallest absolute Gasteiger partial charge is 0.342 e. The summed E-state index contributed by atoms with van der Waals surface area (Å²) in [6.07, 6.45) is -5.52. The van der Waals surface area contributed by atoms with Gasteiger partial charge in [0.2, 0.25) is 0 Å². The van der Waals surface area contributed by atoms with E-state index in [1.54, 1.807) is 0 Å². The Morgan fingerprint density at radius 3 is 2.48 bits per heavy atom. The third kappa shape index (κ3) is 3.45. The summed E-state index contributed by atoms with van der Waals surface area (Å²) in [6, 6.07) is 5.32. The topological polar surface area (TPSA) is 154 Å². The van der Waals surface area contributed by atoms with E-state index < -0.39 is 54.8 Å². The summed E-state index contributed by atoms with van der Waals surface area (Å²) < 4.78 is 9.41. The number of aliphatic hydroxyl groups is 4. The van der Waals surface area contributed by atoms with Gasteiger partial charge in [0, 0.05) is 5.92 Å². The number of carbonyl (C=O) groups excluding carboxylic acids is 2. The number of ether oxygens (including phenoxy) is 2. The summed E-state index contributed by atoms with van der Waals surface area (Å²) in [5, 5.41) is 49.3. The van der Waals surface area contributed by atoms with Crippen molar-refractivity contribution < 1.29 is 44.6 Å². The van der Waals surface area contributed by atoms with E-state index >= 15 is 0 Å². The van der Waals surface area contributed by atoms with Crippen molar-refractivity contribution in [1.82, 2.24) is 0 Å². The normalized spacial score (nSPS) is 28.3. The molecule has 1 heterocycles. The Morgan fingerprint density at radius 1 is 1.36 bits per heavy atom. The second-order valence-electron chi connectivity index (χ2n) is 5.81. The van der Waals surface area contributed by atoms with Crippen LogP contribution in [0.1, 0.15) is 17.9 Å². The molecule has 138 valence electrons. The van der Waals surface area contributed by atoms with Gasteiger partial charge in [0.25, 0.3) is 0 Å². The van der Waals surface area contributed by atoms with E-state index in [0.717, 1.165) is 7.11 Å². The highest BCUT2D eigenvalue weighted by Gasteiger charge is 2.62. The third-order valence-corrected chi connectivity index (χ3v) is 4.32. The molecule has 1 aliphatic heterocycles. The molecule has 0 radical (unpaired) electrons. The zero-order chi connectivity index (χ0) is 18.8. The first-order valence-electron chi connectivity index (χ1n) is 7.51. The van der Waals surface area contributed by atoms with Gasteiger partial charge in [-0.05, 0) is 17.7 Å². The molecule has 0 spiro atoms. The van der Waals surface area contributed by atoms with E-state index in [2.05, 4.69) is 4.74 Å². The van der Waals surface area contributed by atoms with Gasteiger partial charge < -0.3 is 35.0 Å². The van der Waals surface area contributed by atoms with Crippen LogP contribution in [0.4, 0.5) is 0 Å². The van der Waals surface area contributed by atoms with Gasteiger partial charge in [-0.25, -0.2) is 4.79 Å². The van der Waals surface area contributed by atoms with Gasteiger partial charge in [0.1, 0.15) is 18.0 Å². The van der Waals surface area contributed by atoms with Crippen LogP contribution in [0, 0.1) is 0 Å². The molecular formula is C16H20O9. The van der Waals surface area contributed by atoms with Crippen molar-refractivity contribution in [2.75, 3.05) is 13.7 Å². The van der Waals surface area contributed by atoms with Crippen LogP contribution in [0.3, 0.4) is 0 Å². The zero-order valence-corrected chi connectivity index (χ0v) is 13.4. The summed E-state index contributed by atoms with van der Waals surface area (Å²) in [5.41, 5.74) is -2.28. The molecule has 0 aliphatic carbocycles. The van der Waals surface area contributed by atoms with Crippen molar-refractivity contribution in [2.45, 2.75) is 36.3 Å². The number of phenolic OH excluding ortho intramolecular Hbond substituents is 1. The van der Waals surface area contributed by atoms with E-state index in [1.165, 1.54) is 24.3 Å². The van der Waals surface area contributed by atoms with Gasteiger partial charge in [-0.15, -0.1) is 0 Å². The molecule has 5 N–H and O–H groups in total. The standard InChI is InChI=1S/C16H20O9/c1-24-12(20)6-10(8-2-4-9(18)5-3-8)16(23)14(21)13(11(19)7-17)25-15(16)22/h2-5,10-11,13-14,17-19,21,23H,6-7H2,1H3/t10-,11-,13-,14-,16-/m1/s1. The Balaban J connectivity index is 2.46. The number of rotatable bonds is 6. The maximum atomic E-state index is 12.3. The number of phenols is 1. The number of cyclic esters (lactones) is 1. The first-order valence-corrected chi connectivity index (χ1v) is 7.51. The average molecular weight is 356 g/mol. The van der Waals surface area contributed by atoms with Crippen LogP contribution >= 0.6 is 0 Å². The lowest BCUT2D eigenvalue weighted by atomic mass is 9.76. The lowest BCUT2D eigenvalue weighted by Crippen LogP contribution is -2.53. The van der Waals surface area contributed by atoms with Gasteiger partial charge in [-0.1, -0.05) is 12.1 Å². The van der Waals surface area contributed by atoms with Gasteiger partial charge >= 0.3 is 11.9 Å². The number of aliphatic hydroxyl groups excluding tert-OH is 3.